The third kappa shape index (κ3) is 5.07. The number of nitrogens with one attached hydrogen (secondary N) is 1. The van der Waals surface area contributed by atoms with Crippen molar-refractivity contribution in [1.82, 2.24) is 20.3 Å². The number of anilines is 1. The van der Waals surface area contributed by atoms with Crippen LogP contribution >= 0.6 is 0 Å². The molecule has 4 aromatic rings. The second kappa shape index (κ2) is 11.6. The number of aromatic hydroxyl groups is 1. The molecule has 10 heteroatoms. The highest BCUT2D eigenvalue weighted by molar-refractivity contribution is 6.04. The van der Waals surface area contributed by atoms with Crippen molar-refractivity contribution >= 4 is 27.5 Å². The minimum atomic E-state index is -0.764. The minimum Gasteiger partial charge on any atom is -0.508 e. The number of rotatable bonds is 6. The third-order valence-corrected chi connectivity index (χ3v) is 9.95. The van der Waals surface area contributed by atoms with Gasteiger partial charge in [-0.25, -0.2) is 13.8 Å². The number of ether oxygens (including phenoxy) is 2. The van der Waals surface area contributed by atoms with Crippen LogP contribution in [0.5, 0.6) is 17.6 Å². The summed E-state index contributed by atoms with van der Waals surface area (Å²) in [6, 6.07) is 5.98. The monoisotopic (exact) mass is 613 g/mol. The van der Waals surface area contributed by atoms with E-state index in [1.54, 1.807) is 0 Å². The molecule has 0 spiro atoms. The number of benzene rings is 2. The van der Waals surface area contributed by atoms with Gasteiger partial charge >= 0.3 is 6.01 Å². The van der Waals surface area contributed by atoms with E-state index in [9.17, 15) is 9.50 Å². The lowest BCUT2D eigenvalue weighted by atomic mass is 9.76. The molecular weight excluding hydrogens is 576 g/mol. The predicted octanol–water partition coefficient (Wildman–Crippen LogP) is 6.36. The zero-order valence-electron chi connectivity index (χ0n) is 25.6. The van der Waals surface area contributed by atoms with E-state index < -0.39 is 11.6 Å². The van der Waals surface area contributed by atoms with Gasteiger partial charge in [0, 0.05) is 35.5 Å². The number of fused-ring (bicyclic) bond motifs is 3. The molecule has 7 rings (SSSR count). The number of piperidine rings is 2. The number of hydrogen-bond donors (Lipinski definition) is 2. The van der Waals surface area contributed by atoms with Gasteiger partial charge in [-0.15, -0.1) is 6.42 Å². The molecule has 234 valence electrons. The quantitative estimate of drug-likeness (QED) is 0.243. The first kappa shape index (κ1) is 29.5. The highest BCUT2D eigenvalue weighted by Gasteiger charge is 2.45. The van der Waals surface area contributed by atoms with Crippen molar-refractivity contribution in [3.63, 3.8) is 0 Å². The van der Waals surface area contributed by atoms with Gasteiger partial charge in [-0.1, -0.05) is 25.3 Å². The molecule has 0 bridgehead atoms. The minimum absolute atomic E-state index is 0.00775. The zero-order chi connectivity index (χ0) is 31.3. The average molecular weight is 614 g/mol. The Morgan fingerprint density at radius 1 is 1.11 bits per heavy atom. The number of hydrogen-bond acceptors (Lipinski definition) is 8. The summed E-state index contributed by atoms with van der Waals surface area (Å²) in [6.45, 7) is 5.10. The van der Waals surface area contributed by atoms with E-state index in [0.717, 1.165) is 64.6 Å². The van der Waals surface area contributed by atoms with E-state index >= 15 is 4.39 Å². The summed E-state index contributed by atoms with van der Waals surface area (Å²) in [5.41, 5.74) is -0.121. The number of phenols is 1. The lowest BCUT2D eigenvalue weighted by Crippen LogP contribution is -2.49. The molecule has 8 nitrogen and oxygen atoms in total. The Hall–Kier alpha value is -4.23. The van der Waals surface area contributed by atoms with Crippen LogP contribution in [0.2, 0.25) is 0 Å². The Bertz CT molecular complexity index is 1840. The molecule has 1 saturated carbocycles. The Labute approximate surface area is 261 Å². The summed E-state index contributed by atoms with van der Waals surface area (Å²) in [7, 11) is 1.46. The summed E-state index contributed by atoms with van der Waals surface area (Å²) in [4.78, 5) is 16.3. The molecule has 4 heterocycles. The molecule has 3 fully saturated rings. The lowest BCUT2D eigenvalue weighted by molar-refractivity contribution is 0.0798. The molecule has 2 N–H and O–H groups in total. The van der Waals surface area contributed by atoms with Crippen molar-refractivity contribution < 1.29 is 23.4 Å². The van der Waals surface area contributed by atoms with Crippen LogP contribution in [-0.4, -0.2) is 59.5 Å². The Balaban J connectivity index is 1.43. The van der Waals surface area contributed by atoms with Crippen molar-refractivity contribution in [3.05, 3.63) is 41.5 Å². The average Bonchev–Trinajstić information content (AvgIpc) is 3.48. The molecule has 45 heavy (non-hydrogen) atoms. The number of nitrogens with zero attached hydrogens (tertiary/aromatic N) is 4. The molecule has 2 aromatic carbocycles. The molecule has 3 aliphatic rings. The number of terminal acetylenes is 1. The van der Waals surface area contributed by atoms with Crippen LogP contribution in [0, 0.1) is 35.3 Å². The summed E-state index contributed by atoms with van der Waals surface area (Å²) >= 11 is 0. The predicted molar refractivity (Wildman–Crippen MR) is 170 cm³/mol. The maximum absolute atomic E-state index is 17.0. The Morgan fingerprint density at radius 3 is 2.76 bits per heavy atom. The van der Waals surface area contributed by atoms with Gasteiger partial charge in [0.2, 0.25) is 5.88 Å². The van der Waals surface area contributed by atoms with Gasteiger partial charge in [-0.05, 0) is 74.6 Å². The van der Waals surface area contributed by atoms with Crippen molar-refractivity contribution in [2.45, 2.75) is 57.9 Å². The molecule has 1 aliphatic carbocycles. The number of phenolic OH excluding ortho intramolecular Hbond substituents is 1. The van der Waals surface area contributed by atoms with Crippen molar-refractivity contribution in [2.24, 2.45) is 11.3 Å². The largest absolute Gasteiger partial charge is 0.508 e. The van der Waals surface area contributed by atoms with Crippen LogP contribution in [0.15, 0.2) is 24.3 Å². The molecule has 3 atom stereocenters. The smallest absolute Gasteiger partial charge is 0.319 e. The van der Waals surface area contributed by atoms with Crippen LogP contribution < -0.4 is 19.7 Å². The highest BCUT2D eigenvalue weighted by Crippen LogP contribution is 2.46. The summed E-state index contributed by atoms with van der Waals surface area (Å²) in [5.74, 6) is 1.88. The molecule has 3 unspecified atom stereocenters. The summed E-state index contributed by atoms with van der Waals surface area (Å²) < 4.78 is 44.0. The van der Waals surface area contributed by atoms with Crippen molar-refractivity contribution in [3.8, 4) is 41.2 Å². The number of aromatic nitrogens is 3. The van der Waals surface area contributed by atoms with Gasteiger partial charge in [-0.2, -0.15) is 9.97 Å². The van der Waals surface area contributed by atoms with Crippen LogP contribution in [0.3, 0.4) is 0 Å². The van der Waals surface area contributed by atoms with E-state index in [2.05, 4.69) is 33.0 Å². The molecule has 0 amide bonds. The molecular formula is C35H37F2N5O3. The van der Waals surface area contributed by atoms with Crippen molar-refractivity contribution in [2.75, 3.05) is 38.3 Å². The van der Waals surface area contributed by atoms with Crippen LogP contribution in [0.4, 0.5) is 14.6 Å². The maximum atomic E-state index is 17.0. The highest BCUT2D eigenvalue weighted by atomic mass is 19.1. The molecule has 2 aromatic heterocycles. The topological polar surface area (TPSA) is 92.6 Å². The first-order chi connectivity index (χ1) is 21.8. The van der Waals surface area contributed by atoms with Gasteiger partial charge in [0.05, 0.1) is 19.3 Å². The molecule has 0 radical (unpaired) electrons. The number of pyridine rings is 1. The van der Waals surface area contributed by atoms with Gasteiger partial charge in [0.1, 0.15) is 34.0 Å². The van der Waals surface area contributed by atoms with Crippen LogP contribution in [-0.2, 0) is 0 Å². The standard InChI is InChI=1S/C35H37F2N5O3/c1-4-23-25(36)11-10-21-16-22(43)17-24(27(21)23)30-29(37)31-28(33(39-30)44-3)32(42-15-6-8-20(2)18-42)41-34(40-31)45-19-35-12-5-9-26(35)38-14-7-13-35/h1,10-11,16-17,20,26,38,43H,5-9,12-15,18-19H2,2-3H3. The van der Waals surface area contributed by atoms with Gasteiger partial charge in [-0.3, -0.25) is 0 Å². The first-order valence-corrected chi connectivity index (χ1v) is 15.8. The third-order valence-electron chi connectivity index (χ3n) is 9.95. The summed E-state index contributed by atoms with van der Waals surface area (Å²) in [6.07, 6.45) is 13.2. The Kier molecular flexibility index (Phi) is 7.60. The second-order valence-electron chi connectivity index (χ2n) is 12.8. The lowest BCUT2D eigenvalue weighted by Gasteiger charge is -2.39. The fourth-order valence-electron chi connectivity index (χ4n) is 7.78. The van der Waals surface area contributed by atoms with Crippen LogP contribution in [0.1, 0.15) is 57.4 Å². The normalized spacial score (nSPS) is 23.2. The van der Waals surface area contributed by atoms with E-state index in [1.165, 1.54) is 31.4 Å². The zero-order valence-corrected chi connectivity index (χ0v) is 25.6. The molecule has 2 saturated heterocycles. The van der Waals surface area contributed by atoms with E-state index in [1.807, 2.05) is 0 Å². The van der Waals surface area contributed by atoms with Gasteiger partial charge in [0.25, 0.3) is 0 Å². The Morgan fingerprint density at radius 2 is 1.96 bits per heavy atom. The van der Waals surface area contributed by atoms with Crippen LogP contribution in [0.25, 0.3) is 32.9 Å². The SMILES string of the molecule is C#Cc1c(F)ccc2cc(O)cc(-c3nc(OC)c4c(N5CCCC(C)C5)nc(OCC56CCCNC5CCC6)nc4c3F)c12. The summed E-state index contributed by atoms with van der Waals surface area (Å²) in [5, 5.41) is 15.3. The van der Waals surface area contributed by atoms with E-state index in [4.69, 9.17) is 20.9 Å². The van der Waals surface area contributed by atoms with Gasteiger partial charge < -0.3 is 24.8 Å². The second-order valence-corrected chi connectivity index (χ2v) is 12.8. The fourth-order valence-corrected chi connectivity index (χ4v) is 7.78. The van der Waals surface area contributed by atoms with E-state index in [0.29, 0.717) is 35.2 Å². The van der Waals surface area contributed by atoms with Crippen molar-refractivity contribution in [1.29, 1.82) is 0 Å². The first-order valence-electron chi connectivity index (χ1n) is 15.8. The number of halogens is 2. The van der Waals surface area contributed by atoms with Gasteiger partial charge in [0.15, 0.2) is 5.82 Å². The molecule has 2 aliphatic heterocycles. The fraction of sp³-hybridized carbons (Fsp3) is 0.457. The van der Waals surface area contributed by atoms with E-state index in [-0.39, 0.29) is 50.8 Å². The number of methoxy groups -OCH3 is 1. The maximum Gasteiger partial charge on any atom is 0.319 e.